The molecule has 0 N–H and O–H groups in total. The van der Waals surface area contributed by atoms with Gasteiger partial charge in [-0.3, -0.25) is 9.69 Å². The number of ether oxygens (including phenoxy) is 1. The van der Waals surface area contributed by atoms with Crippen LogP contribution in [0.2, 0.25) is 0 Å². The van der Waals surface area contributed by atoms with Crippen molar-refractivity contribution in [2.24, 2.45) is 0 Å². The van der Waals surface area contributed by atoms with E-state index in [0.717, 1.165) is 38.3 Å². The Hall–Kier alpha value is -2.10. The van der Waals surface area contributed by atoms with Gasteiger partial charge in [-0.15, -0.1) is 0 Å². The van der Waals surface area contributed by atoms with E-state index < -0.39 is 0 Å². The van der Waals surface area contributed by atoms with Gasteiger partial charge in [-0.25, -0.2) is 0 Å². The third-order valence-electron chi connectivity index (χ3n) is 5.12. The quantitative estimate of drug-likeness (QED) is 0.829. The molecule has 1 aromatic rings. The summed E-state index contributed by atoms with van der Waals surface area (Å²) < 4.78 is 5.34. The third kappa shape index (κ3) is 4.30. The molecule has 2 heterocycles. The number of hydrogen-bond acceptors (Lipinski definition) is 5. The molecule has 2 saturated heterocycles. The normalized spacial score (nSPS) is 20.6. The summed E-state index contributed by atoms with van der Waals surface area (Å²) in [6.45, 7) is 8.39. The van der Waals surface area contributed by atoms with E-state index in [0.29, 0.717) is 31.9 Å². The first-order valence-corrected chi connectivity index (χ1v) is 9.05. The van der Waals surface area contributed by atoms with Crippen molar-refractivity contribution in [3.8, 4) is 6.07 Å². The van der Waals surface area contributed by atoms with Crippen molar-refractivity contribution in [1.82, 2.24) is 9.80 Å². The van der Waals surface area contributed by atoms with Crippen LogP contribution in [0.25, 0.3) is 0 Å². The molecule has 6 heteroatoms. The summed E-state index contributed by atoms with van der Waals surface area (Å²) in [5.41, 5.74) is 1.83. The largest absolute Gasteiger partial charge is 0.378 e. The number of carbonyl (C=O) groups is 1. The van der Waals surface area contributed by atoms with Crippen molar-refractivity contribution in [2.75, 3.05) is 57.4 Å². The van der Waals surface area contributed by atoms with E-state index in [1.54, 1.807) is 0 Å². The Bertz CT molecular complexity index is 619. The highest BCUT2D eigenvalue weighted by molar-refractivity contribution is 5.81. The fourth-order valence-corrected chi connectivity index (χ4v) is 3.53. The van der Waals surface area contributed by atoms with Crippen LogP contribution in [0.15, 0.2) is 24.3 Å². The van der Waals surface area contributed by atoms with Crippen LogP contribution >= 0.6 is 0 Å². The zero-order chi connectivity index (χ0) is 17.6. The molecule has 0 unspecified atom stereocenters. The van der Waals surface area contributed by atoms with Crippen LogP contribution in [-0.2, 0) is 9.53 Å². The second-order valence-electron chi connectivity index (χ2n) is 6.65. The summed E-state index contributed by atoms with van der Waals surface area (Å²) in [4.78, 5) is 19.3. The molecule has 0 aliphatic carbocycles. The van der Waals surface area contributed by atoms with Crippen LogP contribution < -0.4 is 4.90 Å². The maximum Gasteiger partial charge on any atom is 0.239 e. The van der Waals surface area contributed by atoms with Crippen molar-refractivity contribution >= 4 is 11.6 Å². The van der Waals surface area contributed by atoms with E-state index >= 15 is 0 Å². The lowest BCUT2D eigenvalue weighted by Crippen LogP contribution is -2.51. The predicted molar refractivity (Wildman–Crippen MR) is 96.4 cm³/mol. The molecule has 2 aliphatic rings. The van der Waals surface area contributed by atoms with Gasteiger partial charge >= 0.3 is 0 Å². The highest BCUT2D eigenvalue weighted by atomic mass is 16.5. The number of carbonyl (C=O) groups excluding carboxylic acids is 1. The van der Waals surface area contributed by atoms with E-state index in [4.69, 9.17) is 10.00 Å². The molecule has 0 bridgehead atoms. The van der Waals surface area contributed by atoms with Crippen molar-refractivity contribution in [1.29, 1.82) is 5.26 Å². The summed E-state index contributed by atoms with van der Waals surface area (Å²) in [6, 6.07) is 9.82. The number of nitrogens with zero attached hydrogens (tertiary/aromatic N) is 4. The maximum absolute atomic E-state index is 12.7. The van der Waals surface area contributed by atoms with Crippen LogP contribution in [0.1, 0.15) is 18.9 Å². The Labute approximate surface area is 149 Å². The Morgan fingerprint density at radius 1 is 1.08 bits per heavy atom. The van der Waals surface area contributed by atoms with Crippen molar-refractivity contribution in [3.05, 3.63) is 29.8 Å². The first kappa shape index (κ1) is 17.7. The van der Waals surface area contributed by atoms with Crippen LogP contribution in [0.5, 0.6) is 0 Å². The molecule has 6 nitrogen and oxygen atoms in total. The van der Waals surface area contributed by atoms with Gasteiger partial charge in [0.1, 0.15) is 0 Å². The molecule has 0 aromatic heterocycles. The summed E-state index contributed by atoms with van der Waals surface area (Å²) in [5.74, 6) is 0.218. The zero-order valence-corrected chi connectivity index (χ0v) is 14.9. The van der Waals surface area contributed by atoms with E-state index in [1.807, 2.05) is 36.1 Å². The summed E-state index contributed by atoms with van der Waals surface area (Å²) in [6.07, 6.45) is 1.03. The third-order valence-corrected chi connectivity index (χ3v) is 5.12. The van der Waals surface area contributed by atoms with Crippen LogP contribution in [0.4, 0.5) is 5.69 Å². The number of nitriles is 1. The number of morpholine rings is 1. The second kappa shape index (κ2) is 8.32. The molecule has 0 radical (unpaired) electrons. The number of amides is 1. The van der Waals surface area contributed by atoms with Gasteiger partial charge in [-0.1, -0.05) is 0 Å². The molecule has 2 fully saturated rings. The molecule has 134 valence electrons. The lowest BCUT2D eigenvalue weighted by Gasteiger charge is -2.34. The van der Waals surface area contributed by atoms with Crippen molar-refractivity contribution < 1.29 is 9.53 Å². The summed E-state index contributed by atoms with van der Waals surface area (Å²) >= 11 is 0. The minimum atomic E-state index is -0.0842. The van der Waals surface area contributed by atoms with Gasteiger partial charge in [0.15, 0.2) is 0 Å². The highest BCUT2D eigenvalue weighted by Crippen LogP contribution is 2.18. The molecule has 1 aromatic carbocycles. The zero-order valence-electron chi connectivity index (χ0n) is 14.9. The van der Waals surface area contributed by atoms with Crippen molar-refractivity contribution in [2.45, 2.75) is 19.4 Å². The summed E-state index contributed by atoms with van der Waals surface area (Å²) in [7, 11) is 0. The Balaban J connectivity index is 1.58. The second-order valence-corrected chi connectivity index (χ2v) is 6.65. The minimum Gasteiger partial charge on any atom is -0.378 e. The molecule has 1 atom stereocenters. The first-order chi connectivity index (χ1) is 12.2. The topological polar surface area (TPSA) is 59.8 Å². The van der Waals surface area contributed by atoms with E-state index in [2.05, 4.69) is 15.9 Å². The lowest BCUT2D eigenvalue weighted by atomic mass is 10.2. The van der Waals surface area contributed by atoms with Crippen LogP contribution in [0, 0.1) is 11.3 Å². The van der Waals surface area contributed by atoms with Gasteiger partial charge in [0.05, 0.1) is 30.9 Å². The average molecular weight is 342 g/mol. The molecule has 1 amide bonds. The SMILES string of the molecule is C[C@@H](C(=O)N1CCOCC1)N1CCCN(c2ccc(C#N)cc2)CC1. The van der Waals surface area contributed by atoms with Gasteiger partial charge in [0.2, 0.25) is 5.91 Å². The standard InChI is InChI=1S/C19H26N4O2/c1-16(19(24)23-11-13-25-14-12-23)21-7-2-8-22(10-9-21)18-5-3-17(15-20)4-6-18/h3-6,16H,2,7-14H2,1H3/t16-/m0/s1. The average Bonchev–Trinajstić information content (AvgIpc) is 2.94. The fourth-order valence-electron chi connectivity index (χ4n) is 3.53. The number of benzene rings is 1. The van der Waals surface area contributed by atoms with E-state index in [1.165, 1.54) is 0 Å². The van der Waals surface area contributed by atoms with Crippen molar-refractivity contribution in [3.63, 3.8) is 0 Å². The Morgan fingerprint density at radius 3 is 2.48 bits per heavy atom. The van der Waals surface area contributed by atoms with Gasteiger partial charge in [-0.05, 0) is 37.6 Å². The maximum atomic E-state index is 12.7. The van der Waals surface area contributed by atoms with Gasteiger partial charge in [0, 0.05) is 45.0 Å². The van der Waals surface area contributed by atoms with Gasteiger partial charge < -0.3 is 14.5 Å². The van der Waals surface area contributed by atoms with Crippen LogP contribution in [-0.4, -0.2) is 74.2 Å². The van der Waals surface area contributed by atoms with Gasteiger partial charge in [-0.2, -0.15) is 5.26 Å². The van der Waals surface area contributed by atoms with E-state index in [9.17, 15) is 4.79 Å². The van der Waals surface area contributed by atoms with Crippen LogP contribution in [0.3, 0.4) is 0 Å². The first-order valence-electron chi connectivity index (χ1n) is 9.05. The Morgan fingerprint density at radius 2 is 1.80 bits per heavy atom. The number of rotatable bonds is 3. The molecular weight excluding hydrogens is 316 g/mol. The number of hydrogen-bond donors (Lipinski definition) is 0. The predicted octanol–water partition coefficient (Wildman–Crippen LogP) is 1.32. The highest BCUT2D eigenvalue weighted by Gasteiger charge is 2.28. The lowest BCUT2D eigenvalue weighted by molar-refractivity contribution is -0.140. The monoisotopic (exact) mass is 342 g/mol. The van der Waals surface area contributed by atoms with E-state index in [-0.39, 0.29) is 11.9 Å². The number of anilines is 1. The smallest absolute Gasteiger partial charge is 0.239 e. The Kier molecular flexibility index (Phi) is 5.90. The molecule has 25 heavy (non-hydrogen) atoms. The van der Waals surface area contributed by atoms with Gasteiger partial charge in [0.25, 0.3) is 0 Å². The fraction of sp³-hybridized carbons (Fsp3) is 0.579. The molecule has 3 rings (SSSR count). The molecular formula is C19H26N4O2. The summed E-state index contributed by atoms with van der Waals surface area (Å²) in [5, 5.41) is 8.93. The minimum absolute atomic E-state index is 0.0842. The molecule has 0 spiro atoms. The molecule has 0 saturated carbocycles. The molecule has 2 aliphatic heterocycles.